The minimum absolute atomic E-state index is 0.0160. The Morgan fingerprint density at radius 2 is 1.69 bits per heavy atom. The molecule has 5 rings (SSSR count). The van der Waals surface area contributed by atoms with Crippen molar-refractivity contribution in [3.63, 3.8) is 0 Å². The number of hydrogen-bond acceptors (Lipinski definition) is 4. The molecule has 2 heterocycles. The van der Waals surface area contributed by atoms with Gasteiger partial charge in [0.15, 0.2) is 0 Å². The number of ether oxygens (including phenoxy) is 1. The van der Waals surface area contributed by atoms with Crippen molar-refractivity contribution in [3.05, 3.63) is 95.7 Å². The van der Waals surface area contributed by atoms with E-state index in [1.165, 1.54) is 0 Å². The average Bonchev–Trinajstić information content (AvgIpc) is 3.31. The van der Waals surface area contributed by atoms with E-state index in [2.05, 4.69) is 13.0 Å². The van der Waals surface area contributed by atoms with Gasteiger partial charge in [-0.3, -0.25) is 9.59 Å². The number of rotatable bonds is 6. The predicted octanol–water partition coefficient (Wildman–Crippen LogP) is 5.47. The van der Waals surface area contributed by atoms with Gasteiger partial charge in [0.25, 0.3) is 5.91 Å². The van der Waals surface area contributed by atoms with Crippen molar-refractivity contribution in [2.75, 3.05) is 26.7 Å². The number of amides is 2. The zero-order valence-electron chi connectivity index (χ0n) is 25.2. The van der Waals surface area contributed by atoms with Gasteiger partial charge in [0, 0.05) is 49.6 Å². The lowest BCUT2D eigenvalue weighted by Gasteiger charge is -2.35. The summed E-state index contributed by atoms with van der Waals surface area (Å²) >= 11 is 0. The van der Waals surface area contributed by atoms with E-state index >= 15 is 0 Å². The van der Waals surface area contributed by atoms with Gasteiger partial charge in [-0.2, -0.15) is 0 Å². The van der Waals surface area contributed by atoms with Crippen LogP contribution in [0.1, 0.15) is 48.3 Å². The van der Waals surface area contributed by atoms with E-state index in [-0.39, 0.29) is 36.4 Å². The van der Waals surface area contributed by atoms with Crippen LogP contribution in [0.3, 0.4) is 0 Å². The fourth-order valence-corrected chi connectivity index (χ4v) is 6.10. The van der Waals surface area contributed by atoms with Crippen LogP contribution < -0.4 is 0 Å². The van der Waals surface area contributed by atoms with Crippen molar-refractivity contribution >= 4 is 22.7 Å². The number of aromatic nitrogens is 1. The van der Waals surface area contributed by atoms with Gasteiger partial charge in [-0.05, 0) is 36.6 Å². The Hall–Kier alpha value is -3.94. The van der Waals surface area contributed by atoms with Crippen molar-refractivity contribution in [2.45, 2.75) is 45.4 Å². The van der Waals surface area contributed by atoms with Crippen LogP contribution in [0.4, 0.5) is 0 Å². The normalized spacial score (nSPS) is 19.0. The summed E-state index contributed by atoms with van der Waals surface area (Å²) in [6.45, 7) is 6.79. The molecule has 4 atom stereocenters. The molecular formula is C35H41N3O4. The molecule has 0 unspecified atom stereocenters. The van der Waals surface area contributed by atoms with Crippen LogP contribution in [-0.4, -0.2) is 70.2 Å². The molecule has 220 valence electrons. The van der Waals surface area contributed by atoms with Gasteiger partial charge in [0.2, 0.25) is 5.91 Å². The summed E-state index contributed by atoms with van der Waals surface area (Å²) in [7, 11) is 3.75. The molecule has 0 spiro atoms. The molecule has 1 N–H and O–H groups in total. The molecule has 1 aliphatic rings. The van der Waals surface area contributed by atoms with Gasteiger partial charge in [-0.25, -0.2) is 0 Å². The minimum Gasteiger partial charge on any atom is -0.394 e. The summed E-state index contributed by atoms with van der Waals surface area (Å²) in [5, 5.41) is 11.2. The maximum atomic E-state index is 14.5. The van der Waals surface area contributed by atoms with Crippen molar-refractivity contribution in [2.24, 2.45) is 13.0 Å². The zero-order chi connectivity index (χ0) is 30.0. The van der Waals surface area contributed by atoms with Crippen LogP contribution in [0.15, 0.2) is 78.9 Å². The number of likely N-dealkylation sites (N-methyl/N-ethyl adjacent to an activating group) is 1. The SMILES string of the molecule is C[C@H](C(=O)N(C)C[C@@H]1OCc2ccccc2-c2c(n(C)c3ccccc23)C(=O)N([C@@H](C)CO)C[C@H]1C)c1ccccc1. The zero-order valence-corrected chi connectivity index (χ0v) is 25.2. The molecular weight excluding hydrogens is 526 g/mol. The molecule has 0 aliphatic carbocycles. The smallest absolute Gasteiger partial charge is 0.271 e. The third kappa shape index (κ3) is 5.59. The maximum absolute atomic E-state index is 14.5. The lowest BCUT2D eigenvalue weighted by atomic mass is 9.96. The number of aryl methyl sites for hydroxylation is 1. The van der Waals surface area contributed by atoms with Gasteiger partial charge < -0.3 is 24.2 Å². The first-order chi connectivity index (χ1) is 20.2. The van der Waals surface area contributed by atoms with Gasteiger partial charge in [-0.15, -0.1) is 0 Å². The fraction of sp³-hybridized carbons (Fsp3) is 0.371. The molecule has 4 aromatic rings. The lowest BCUT2D eigenvalue weighted by molar-refractivity contribution is -0.134. The highest BCUT2D eigenvalue weighted by molar-refractivity contribution is 6.10. The highest BCUT2D eigenvalue weighted by Crippen LogP contribution is 2.38. The highest BCUT2D eigenvalue weighted by Gasteiger charge is 2.34. The number of nitrogens with zero attached hydrogens (tertiary/aromatic N) is 3. The van der Waals surface area contributed by atoms with E-state index in [0.717, 1.165) is 33.2 Å². The first-order valence-electron chi connectivity index (χ1n) is 14.7. The standard InChI is InChI=1S/C35H41N3O4/c1-23-19-38(24(2)21-39)35(41)33-32(29-17-11-12-18-30(29)37(33)5)28-16-10-9-15-27(28)22-42-31(23)20-36(4)34(40)25(3)26-13-7-6-8-14-26/h6-18,23-25,31,39H,19-22H2,1-5H3/t23-,24+,25+,31+/m1/s1. The Balaban J connectivity index is 1.55. The second-order valence-electron chi connectivity index (χ2n) is 11.6. The number of benzene rings is 3. The van der Waals surface area contributed by atoms with E-state index in [1.807, 2.05) is 105 Å². The Bertz CT molecular complexity index is 1560. The number of aliphatic hydroxyl groups excluding tert-OH is 1. The summed E-state index contributed by atoms with van der Waals surface area (Å²) in [5.74, 6) is -0.518. The van der Waals surface area contributed by atoms with Crippen LogP contribution in [0.2, 0.25) is 0 Å². The Kier molecular flexibility index (Phi) is 8.80. The van der Waals surface area contributed by atoms with Crippen LogP contribution in [0.25, 0.3) is 22.0 Å². The molecule has 0 fully saturated rings. The number of carbonyl (C=O) groups excluding carboxylic acids is 2. The molecule has 1 aromatic heterocycles. The maximum Gasteiger partial charge on any atom is 0.271 e. The van der Waals surface area contributed by atoms with Gasteiger partial charge in [0.05, 0.1) is 31.3 Å². The molecule has 0 bridgehead atoms. The molecule has 3 aromatic carbocycles. The first kappa shape index (κ1) is 29.5. The molecule has 0 saturated carbocycles. The largest absolute Gasteiger partial charge is 0.394 e. The molecule has 0 radical (unpaired) electrons. The average molecular weight is 568 g/mol. The molecule has 7 heteroatoms. The van der Waals surface area contributed by atoms with E-state index < -0.39 is 6.04 Å². The summed E-state index contributed by atoms with van der Waals surface area (Å²) in [4.78, 5) is 31.5. The second-order valence-corrected chi connectivity index (χ2v) is 11.6. The molecule has 42 heavy (non-hydrogen) atoms. The quantitative estimate of drug-likeness (QED) is 0.336. The molecule has 7 nitrogen and oxygen atoms in total. The van der Waals surface area contributed by atoms with Gasteiger partial charge in [0.1, 0.15) is 5.69 Å². The van der Waals surface area contributed by atoms with E-state index in [1.54, 1.807) is 9.80 Å². The monoisotopic (exact) mass is 567 g/mol. The first-order valence-corrected chi connectivity index (χ1v) is 14.7. The highest BCUT2D eigenvalue weighted by atomic mass is 16.5. The van der Waals surface area contributed by atoms with Gasteiger partial charge in [-0.1, -0.05) is 79.7 Å². The van der Waals surface area contributed by atoms with Crippen molar-refractivity contribution in [3.8, 4) is 11.1 Å². The van der Waals surface area contributed by atoms with Crippen molar-refractivity contribution in [1.82, 2.24) is 14.4 Å². The van der Waals surface area contributed by atoms with Crippen LogP contribution in [0.5, 0.6) is 0 Å². The summed E-state index contributed by atoms with van der Waals surface area (Å²) in [5.41, 5.74) is 5.35. The van der Waals surface area contributed by atoms with Crippen LogP contribution in [0, 0.1) is 5.92 Å². The second kappa shape index (κ2) is 12.5. The van der Waals surface area contributed by atoms with Crippen molar-refractivity contribution in [1.29, 1.82) is 0 Å². The topological polar surface area (TPSA) is 75.0 Å². The fourth-order valence-electron chi connectivity index (χ4n) is 6.10. The van der Waals surface area contributed by atoms with E-state index in [9.17, 15) is 14.7 Å². The minimum atomic E-state index is -0.403. The Labute approximate surface area is 248 Å². The molecule has 2 amide bonds. The Morgan fingerprint density at radius 1 is 1.02 bits per heavy atom. The number of para-hydroxylation sites is 1. The molecule has 0 saturated heterocycles. The van der Waals surface area contributed by atoms with E-state index in [4.69, 9.17) is 4.74 Å². The summed E-state index contributed by atoms with van der Waals surface area (Å²) in [6.07, 6.45) is -0.339. The predicted molar refractivity (Wildman–Crippen MR) is 166 cm³/mol. The van der Waals surface area contributed by atoms with Crippen molar-refractivity contribution < 1.29 is 19.4 Å². The number of fused-ring (bicyclic) bond motifs is 5. The third-order valence-corrected chi connectivity index (χ3v) is 8.73. The summed E-state index contributed by atoms with van der Waals surface area (Å²) in [6, 6.07) is 25.5. The van der Waals surface area contributed by atoms with Crippen LogP contribution >= 0.6 is 0 Å². The third-order valence-electron chi connectivity index (χ3n) is 8.73. The van der Waals surface area contributed by atoms with Crippen LogP contribution in [-0.2, 0) is 23.2 Å². The number of hydrogen-bond donors (Lipinski definition) is 1. The lowest BCUT2D eigenvalue weighted by Crippen LogP contribution is -2.48. The van der Waals surface area contributed by atoms with E-state index in [0.29, 0.717) is 25.4 Å². The number of aliphatic hydroxyl groups is 1. The summed E-state index contributed by atoms with van der Waals surface area (Å²) < 4.78 is 8.62. The number of carbonyl (C=O) groups is 2. The molecule has 1 aliphatic heterocycles. The Morgan fingerprint density at radius 3 is 2.43 bits per heavy atom. The van der Waals surface area contributed by atoms with Gasteiger partial charge >= 0.3 is 0 Å².